The van der Waals surface area contributed by atoms with E-state index in [1.807, 2.05) is 86.6 Å². The van der Waals surface area contributed by atoms with Crippen LogP contribution in [0.15, 0.2) is 89.1 Å². The van der Waals surface area contributed by atoms with Crippen LogP contribution in [0.25, 0.3) is 0 Å². The number of benzene rings is 3. The Morgan fingerprint density at radius 1 is 0.676 bits per heavy atom. The van der Waals surface area contributed by atoms with Crippen molar-refractivity contribution in [3.05, 3.63) is 84.4 Å². The summed E-state index contributed by atoms with van der Waals surface area (Å²) in [6.07, 6.45) is 0. The predicted octanol–water partition coefficient (Wildman–Crippen LogP) is 4.87. The van der Waals surface area contributed by atoms with Crippen molar-refractivity contribution in [2.45, 2.75) is 19.8 Å². The van der Waals surface area contributed by atoms with Gasteiger partial charge in [-0.15, -0.1) is 0 Å². The molecule has 0 fully saturated rings. The fourth-order valence-electron chi connectivity index (χ4n) is 5.22. The van der Waals surface area contributed by atoms with Crippen molar-refractivity contribution in [2.24, 2.45) is 22.0 Å². The van der Waals surface area contributed by atoms with Gasteiger partial charge in [-0.25, -0.2) is 10.0 Å². The molecule has 0 bridgehead atoms. The maximum atomic E-state index is 14.0. The Morgan fingerprint density at radius 2 is 1.16 bits per heavy atom. The highest BCUT2D eigenvalue weighted by molar-refractivity contribution is 6.19. The van der Waals surface area contributed by atoms with Crippen LogP contribution in [0.2, 0.25) is 0 Å². The van der Waals surface area contributed by atoms with Crippen LogP contribution in [0.1, 0.15) is 25.3 Å². The van der Waals surface area contributed by atoms with Crippen LogP contribution in [0.3, 0.4) is 0 Å². The zero-order chi connectivity index (χ0) is 26.1. The highest BCUT2D eigenvalue weighted by Gasteiger charge is 2.51. The second kappa shape index (κ2) is 9.89. The van der Waals surface area contributed by atoms with Gasteiger partial charge >= 0.3 is 0 Å². The second-order valence-electron chi connectivity index (χ2n) is 9.02. The van der Waals surface area contributed by atoms with E-state index in [0.717, 1.165) is 0 Å². The molecule has 3 aromatic carbocycles. The van der Waals surface area contributed by atoms with E-state index >= 15 is 0 Å². The standard InChI is InChI=1S/C29H28N4O4/c1-18-24(28(34)32(30-18)20-12-7-5-8-13-20)26(22-16-11-17-23(36-3)27(22)37-4)25-19(2)31-33(29(25)35)21-14-9-6-10-15-21/h5-17,24-26H,1-4H3/t24-,25+,26?. The number of hydrogen-bond acceptors (Lipinski definition) is 6. The molecule has 188 valence electrons. The first-order chi connectivity index (χ1) is 18.0. The lowest BCUT2D eigenvalue weighted by Crippen LogP contribution is -2.40. The molecule has 5 rings (SSSR count). The largest absolute Gasteiger partial charge is 0.493 e. The van der Waals surface area contributed by atoms with Crippen molar-refractivity contribution in [1.82, 2.24) is 0 Å². The summed E-state index contributed by atoms with van der Waals surface area (Å²) in [6, 6.07) is 24.1. The van der Waals surface area contributed by atoms with Crippen LogP contribution in [-0.2, 0) is 9.59 Å². The van der Waals surface area contributed by atoms with Gasteiger partial charge in [0.05, 0.1) is 37.4 Å². The summed E-state index contributed by atoms with van der Waals surface area (Å²) in [7, 11) is 3.12. The molecule has 8 heteroatoms. The summed E-state index contributed by atoms with van der Waals surface area (Å²) in [5.41, 5.74) is 3.25. The van der Waals surface area contributed by atoms with E-state index in [9.17, 15) is 9.59 Å². The van der Waals surface area contributed by atoms with E-state index < -0.39 is 17.8 Å². The molecule has 2 aliphatic heterocycles. The number of anilines is 2. The van der Waals surface area contributed by atoms with Crippen LogP contribution in [0.5, 0.6) is 11.5 Å². The lowest BCUT2D eigenvalue weighted by atomic mass is 9.72. The predicted molar refractivity (Wildman–Crippen MR) is 143 cm³/mol. The van der Waals surface area contributed by atoms with Crippen LogP contribution in [-0.4, -0.2) is 37.5 Å². The number of hydrogen-bond donors (Lipinski definition) is 0. The fourth-order valence-corrected chi connectivity index (χ4v) is 5.22. The summed E-state index contributed by atoms with van der Waals surface area (Å²) >= 11 is 0. The van der Waals surface area contributed by atoms with Crippen LogP contribution in [0.4, 0.5) is 11.4 Å². The van der Waals surface area contributed by atoms with Crippen LogP contribution in [0, 0.1) is 11.8 Å². The number of para-hydroxylation sites is 3. The Balaban J connectivity index is 1.64. The second-order valence-corrected chi connectivity index (χ2v) is 9.02. The number of carbonyl (C=O) groups is 2. The lowest BCUT2D eigenvalue weighted by molar-refractivity contribution is -0.122. The number of methoxy groups -OCH3 is 2. The quantitative estimate of drug-likeness (QED) is 0.467. The molecule has 1 unspecified atom stereocenters. The minimum Gasteiger partial charge on any atom is -0.493 e. The topological polar surface area (TPSA) is 83.8 Å². The monoisotopic (exact) mass is 496 g/mol. The molecule has 8 nitrogen and oxygen atoms in total. The number of hydrazone groups is 2. The molecular weight excluding hydrogens is 468 g/mol. The third kappa shape index (κ3) is 4.14. The minimum absolute atomic E-state index is 0.211. The lowest BCUT2D eigenvalue weighted by Gasteiger charge is -2.30. The minimum atomic E-state index is -0.712. The van der Waals surface area contributed by atoms with Crippen LogP contribution >= 0.6 is 0 Å². The van der Waals surface area contributed by atoms with Gasteiger partial charge in [-0.1, -0.05) is 48.5 Å². The molecule has 0 saturated carbocycles. The molecule has 2 aliphatic rings. The van der Waals surface area contributed by atoms with Gasteiger partial charge in [-0.3, -0.25) is 9.59 Å². The summed E-state index contributed by atoms with van der Waals surface area (Å²) in [5, 5.41) is 12.1. The Bertz CT molecular complexity index is 1310. The Hall–Kier alpha value is -4.46. The number of ether oxygens (including phenoxy) is 2. The fraction of sp³-hybridized carbons (Fsp3) is 0.241. The van der Waals surface area contributed by atoms with Gasteiger partial charge in [0.1, 0.15) is 0 Å². The molecule has 0 spiro atoms. The molecule has 0 N–H and O–H groups in total. The number of carbonyl (C=O) groups excluding carboxylic acids is 2. The molecule has 0 aromatic heterocycles. The van der Waals surface area contributed by atoms with Gasteiger partial charge in [0.2, 0.25) is 0 Å². The summed E-state index contributed by atoms with van der Waals surface area (Å²) in [6.45, 7) is 3.65. The Kier molecular flexibility index (Phi) is 6.48. The van der Waals surface area contributed by atoms with Crippen molar-refractivity contribution < 1.29 is 19.1 Å². The first kappa shape index (κ1) is 24.2. The maximum absolute atomic E-state index is 14.0. The van der Waals surface area contributed by atoms with Gasteiger partial charge in [0, 0.05) is 22.9 Å². The first-order valence-corrected chi connectivity index (χ1v) is 12.1. The summed E-state index contributed by atoms with van der Waals surface area (Å²) < 4.78 is 11.3. The van der Waals surface area contributed by atoms with Crippen molar-refractivity contribution in [3.8, 4) is 11.5 Å². The highest BCUT2D eigenvalue weighted by Crippen LogP contribution is 2.47. The van der Waals surface area contributed by atoms with Crippen molar-refractivity contribution >= 4 is 34.6 Å². The van der Waals surface area contributed by atoms with E-state index in [-0.39, 0.29) is 11.8 Å². The van der Waals surface area contributed by atoms with Crippen molar-refractivity contribution in [3.63, 3.8) is 0 Å². The molecular formula is C29H28N4O4. The van der Waals surface area contributed by atoms with E-state index in [2.05, 4.69) is 10.2 Å². The number of rotatable bonds is 7. The van der Waals surface area contributed by atoms with Crippen LogP contribution < -0.4 is 19.5 Å². The Morgan fingerprint density at radius 3 is 1.59 bits per heavy atom. The summed E-state index contributed by atoms with van der Waals surface area (Å²) in [4.78, 5) is 28.0. The molecule has 0 aliphatic carbocycles. The highest BCUT2D eigenvalue weighted by atomic mass is 16.5. The number of amides is 2. The molecule has 3 atom stereocenters. The van der Waals surface area contributed by atoms with Gasteiger partial charge < -0.3 is 9.47 Å². The normalized spacial score (nSPS) is 20.1. The van der Waals surface area contributed by atoms with Gasteiger partial charge in [0.25, 0.3) is 11.8 Å². The molecule has 37 heavy (non-hydrogen) atoms. The molecule has 0 radical (unpaired) electrons. The third-order valence-corrected chi connectivity index (χ3v) is 6.88. The maximum Gasteiger partial charge on any atom is 0.256 e. The first-order valence-electron chi connectivity index (χ1n) is 12.1. The SMILES string of the molecule is COc1cccc(C([C@@H]2C(=O)N(c3ccccc3)N=C2C)[C@H]2C(=O)N(c3ccccc3)N=C2C)c1OC. The Labute approximate surface area is 215 Å². The number of nitrogens with zero attached hydrogens (tertiary/aromatic N) is 4. The third-order valence-electron chi connectivity index (χ3n) is 6.88. The van der Waals surface area contributed by atoms with Gasteiger partial charge in [0.15, 0.2) is 11.5 Å². The summed E-state index contributed by atoms with van der Waals surface area (Å²) in [5.74, 6) is -1.47. The van der Waals surface area contributed by atoms with Crippen molar-refractivity contribution in [1.29, 1.82) is 0 Å². The molecule has 2 amide bonds. The van der Waals surface area contributed by atoms with Crippen molar-refractivity contribution in [2.75, 3.05) is 24.2 Å². The van der Waals surface area contributed by atoms with E-state index in [4.69, 9.17) is 9.47 Å². The molecule has 2 heterocycles. The molecule has 3 aromatic rings. The van der Waals surface area contributed by atoms with E-state index in [1.165, 1.54) is 10.0 Å². The molecule has 0 saturated heterocycles. The zero-order valence-corrected chi connectivity index (χ0v) is 21.2. The average Bonchev–Trinajstić information content (AvgIpc) is 3.39. The zero-order valence-electron chi connectivity index (χ0n) is 21.2. The smallest absolute Gasteiger partial charge is 0.256 e. The van der Waals surface area contributed by atoms with Gasteiger partial charge in [-0.2, -0.15) is 10.2 Å². The van der Waals surface area contributed by atoms with Gasteiger partial charge in [-0.05, 0) is 44.2 Å². The van der Waals surface area contributed by atoms with E-state index in [0.29, 0.717) is 39.9 Å². The average molecular weight is 497 g/mol. The van der Waals surface area contributed by atoms with E-state index in [1.54, 1.807) is 20.3 Å².